The molecule has 6 nitrogen and oxygen atoms in total. The molecular weight excluding hydrogens is 383 g/mol. The Hall–Kier alpha value is -2.55. The number of aromatic nitrogens is 2. The average Bonchev–Trinajstić information content (AvgIpc) is 3.13. The van der Waals surface area contributed by atoms with Crippen LogP contribution < -0.4 is 10.7 Å². The number of hydrazine groups is 1. The molecule has 0 unspecified atom stereocenters. The van der Waals surface area contributed by atoms with Gasteiger partial charge in [-0.05, 0) is 49.9 Å². The molecule has 2 atom stereocenters. The molecule has 0 bridgehead atoms. The number of hydrogen-bond donors (Lipinski definition) is 2. The summed E-state index contributed by atoms with van der Waals surface area (Å²) in [4.78, 5) is 16.9. The molecule has 1 aliphatic carbocycles. The quantitative estimate of drug-likeness (QED) is 0.787. The van der Waals surface area contributed by atoms with E-state index in [1.165, 1.54) is 12.1 Å². The van der Waals surface area contributed by atoms with Gasteiger partial charge in [0.1, 0.15) is 0 Å². The van der Waals surface area contributed by atoms with E-state index in [1.807, 2.05) is 6.92 Å². The largest absolute Gasteiger partial charge is 0.416 e. The van der Waals surface area contributed by atoms with Crippen molar-refractivity contribution in [3.05, 3.63) is 48.0 Å². The number of benzene rings is 1. The third kappa shape index (κ3) is 3.59. The first-order valence-electron chi connectivity index (χ1n) is 9.70. The standard InChI is InChI=1S/C20H24F3N5O/c1-12(2)17-19(8-9-19)25-18(29)28(17)26-13(3)16-10-27(11-24-16)15-6-4-14(5-7-15)20(21,22)23/h4-7,10-13,17,26H,8-9H2,1-3H3,(H,25,29)/t13-,17-/m0/s1. The molecule has 1 saturated carbocycles. The minimum absolute atomic E-state index is 0.0643. The summed E-state index contributed by atoms with van der Waals surface area (Å²) in [5.74, 6) is 0.292. The smallest absolute Gasteiger partial charge is 0.329 e. The van der Waals surface area contributed by atoms with Gasteiger partial charge in [0.2, 0.25) is 0 Å². The minimum atomic E-state index is -4.36. The predicted octanol–water partition coefficient (Wildman–Crippen LogP) is 4.04. The summed E-state index contributed by atoms with van der Waals surface area (Å²) in [7, 11) is 0. The molecule has 1 aromatic carbocycles. The zero-order valence-corrected chi connectivity index (χ0v) is 16.5. The molecule has 9 heteroatoms. The number of hydrogen-bond acceptors (Lipinski definition) is 3. The zero-order valence-electron chi connectivity index (χ0n) is 16.5. The molecule has 1 saturated heterocycles. The van der Waals surface area contributed by atoms with Crippen LogP contribution in [-0.4, -0.2) is 32.2 Å². The Bertz CT molecular complexity index is 902. The second kappa shape index (κ2) is 6.76. The molecule has 29 heavy (non-hydrogen) atoms. The lowest BCUT2D eigenvalue weighted by atomic mass is 9.95. The van der Waals surface area contributed by atoms with Crippen molar-refractivity contribution in [1.29, 1.82) is 0 Å². The fraction of sp³-hybridized carbons (Fsp3) is 0.500. The Balaban J connectivity index is 1.49. The Morgan fingerprint density at radius 2 is 1.86 bits per heavy atom. The molecule has 2 fully saturated rings. The van der Waals surface area contributed by atoms with E-state index in [9.17, 15) is 18.0 Å². The molecule has 1 spiro atoms. The van der Waals surface area contributed by atoms with Crippen molar-refractivity contribution < 1.29 is 18.0 Å². The van der Waals surface area contributed by atoms with Crippen molar-refractivity contribution in [1.82, 2.24) is 25.3 Å². The van der Waals surface area contributed by atoms with Crippen molar-refractivity contribution in [3.63, 3.8) is 0 Å². The number of alkyl halides is 3. The van der Waals surface area contributed by atoms with Gasteiger partial charge < -0.3 is 9.88 Å². The first-order chi connectivity index (χ1) is 13.6. The van der Waals surface area contributed by atoms with Gasteiger partial charge >= 0.3 is 12.2 Å². The fourth-order valence-electron chi connectivity index (χ4n) is 4.15. The van der Waals surface area contributed by atoms with E-state index in [4.69, 9.17) is 0 Å². The summed E-state index contributed by atoms with van der Waals surface area (Å²) in [6.07, 6.45) is 0.917. The first kappa shape index (κ1) is 19.8. The number of carbonyl (C=O) groups is 1. The van der Waals surface area contributed by atoms with Crippen molar-refractivity contribution in [2.24, 2.45) is 5.92 Å². The fourth-order valence-corrected chi connectivity index (χ4v) is 4.15. The second-order valence-electron chi connectivity index (χ2n) is 8.25. The lowest BCUT2D eigenvalue weighted by Crippen LogP contribution is -2.50. The summed E-state index contributed by atoms with van der Waals surface area (Å²) in [6, 6.07) is 4.61. The summed E-state index contributed by atoms with van der Waals surface area (Å²) in [5, 5.41) is 4.78. The van der Waals surface area contributed by atoms with Crippen LogP contribution in [0.25, 0.3) is 5.69 Å². The van der Waals surface area contributed by atoms with Gasteiger partial charge in [-0.1, -0.05) is 13.8 Å². The Labute approximate surface area is 167 Å². The van der Waals surface area contributed by atoms with Gasteiger partial charge in [0.25, 0.3) is 0 Å². The van der Waals surface area contributed by atoms with Gasteiger partial charge in [-0.25, -0.2) is 15.2 Å². The minimum Gasteiger partial charge on any atom is -0.329 e. The normalized spacial score (nSPS) is 21.7. The van der Waals surface area contributed by atoms with Crippen molar-refractivity contribution >= 4 is 6.03 Å². The van der Waals surface area contributed by atoms with Gasteiger partial charge in [0.05, 0.1) is 35.2 Å². The Morgan fingerprint density at radius 3 is 2.41 bits per heavy atom. The predicted molar refractivity (Wildman–Crippen MR) is 101 cm³/mol. The van der Waals surface area contributed by atoms with Crippen LogP contribution in [0.3, 0.4) is 0 Å². The van der Waals surface area contributed by atoms with Crippen molar-refractivity contribution in [2.45, 2.75) is 57.4 Å². The van der Waals surface area contributed by atoms with E-state index in [2.05, 4.69) is 29.6 Å². The maximum atomic E-state index is 12.7. The molecule has 2 amide bonds. The van der Waals surface area contributed by atoms with Crippen LogP contribution in [0.4, 0.5) is 18.0 Å². The van der Waals surface area contributed by atoms with Crippen LogP contribution in [0, 0.1) is 5.92 Å². The molecule has 1 aromatic heterocycles. The van der Waals surface area contributed by atoms with E-state index in [0.717, 1.165) is 25.0 Å². The highest BCUT2D eigenvalue weighted by Crippen LogP contribution is 2.47. The Kier molecular flexibility index (Phi) is 4.60. The van der Waals surface area contributed by atoms with Gasteiger partial charge in [-0.2, -0.15) is 13.2 Å². The van der Waals surface area contributed by atoms with Crippen LogP contribution in [0.5, 0.6) is 0 Å². The number of imidazole rings is 1. The summed E-state index contributed by atoms with van der Waals surface area (Å²) >= 11 is 0. The highest BCUT2D eigenvalue weighted by Gasteiger charge is 2.60. The van der Waals surface area contributed by atoms with Crippen LogP contribution >= 0.6 is 0 Å². The number of nitrogens with one attached hydrogen (secondary N) is 2. The second-order valence-corrected chi connectivity index (χ2v) is 8.25. The van der Waals surface area contributed by atoms with Crippen LogP contribution in [0.15, 0.2) is 36.8 Å². The number of urea groups is 1. The molecule has 0 radical (unpaired) electrons. The molecule has 1 aliphatic heterocycles. The molecule has 156 valence electrons. The summed E-state index contributed by atoms with van der Waals surface area (Å²) in [5.41, 5.74) is 3.72. The number of rotatable bonds is 5. The first-order valence-corrected chi connectivity index (χ1v) is 9.70. The van der Waals surface area contributed by atoms with Crippen LogP contribution in [-0.2, 0) is 6.18 Å². The topological polar surface area (TPSA) is 62.2 Å². The van der Waals surface area contributed by atoms with Gasteiger partial charge in [-0.3, -0.25) is 5.01 Å². The van der Waals surface area contributed by atoms with E-state index in [0.29, 0.717) is 17.3 Å². The number of nitrogens with zero attached hydrogens (tertiary/aromatic N) is 3. The number of halogens is 3. The van der Waals surface area contributed by atoms with Crippen molar-refractivity contribution in [3.8, 4) is 5.69 Å². The lowest BCUT2D eigenvalue weighted by Gasteiger charge is -2.31. The maximum Gasteiger partial charge on any atom is 0.416 e. The zero-order chi connectivity index (χ0) is 21.0. The number of amides is 2. The molecular formula is C20H24F3N5O. The third-order valence-corrected chi connectivity index (χ3v) is 5.71. The van der Waals surface area contributed by atoms with Crippen LogP contribution in [0.1, 0.15) is 50.9 Å². The maximum absolute atomic E-state index is 12.7. The molecule has 4 rings (SSSR count). The van der Waals surface area contributed by atoms with Crippen LogP contribution in [0.2, 0.25) is 0 Å². The van der Waals surface area contributed by atoms with Gasteiger partial charge in [0.15, 0.2) is 0 Å². The molecule has 2 aliphatic rings. The molecule has 2 heterocycles. The summed E-state index contributed by atoms with van der Waals surface area (Å²) in [6.45, 7) is 6.11. The number of carbonyl (C=O) groups excluding carboxylic acids is 1. The van der Waals surface area contributed by atoms with Gasteiger partial charge in [-0.15, -0.1) is 0 Å². The monoisotopic (exact) mass is 407 g/mol. The molecule has 2 N–H and O–H groups in total. The van der Waals surface area contributed by atoms with Gasteiger partial charge in [0, 0.05) is 11.9 Å². The van der Waals surface area contributed by atoms with E-state index < -0.39 is 11.7 Å². The lowest BCUT2D eigenvalue weighted by molar-refractivity contribution is -0.137. The Morgan fingerprint density at radius 1 is 1.21 bits per heavy atom. The van der Waals surface area contributed by atoms with E-state index in [-0.39, 0.29) is 23.7 Å². The highest BCUT2D eigenvalue weighted by atomic mass is 19.4. The SMILES string of the molecule is CC(C)[C@@H]1N(N[C@@H](C)c2cn(-c3ccc(C(F)(F)F)cc3)cn2)C(=O)NC12CC2. The van der Waals surface area contributed by atoms with E-state index in [1.54, 1.807) is 22.1 Å². The summed E-state index contributed by atoms with van der Waals surface area (Å²) < 4.78 is 39.9. The average molecular weight is 407 g/mol. The third-order valence-electron chi connectivity index (χ3n) is 5.71. The molecule has 2 aromatic rings. The highest BCUT2D eigenvalue weighted by molar-refractivity contribution is 5.79. The van der Waals surface area contributed by atoms with Crippen molar-refractivity contribution in [2.75, 3.05) is 0 Å². The van der Waals surface area contributed by atoms with E-state index >= 15 is 0 Å².